The molecule has 0 atom stereocenters. The summed E-state index contributed by atoms with van der Waals surface area (Å²) in [6.45, 7) is 7.41. The fourth-order valence-corrected chi connectivity index (χ4v) is 3.71. The van der Waals surface area contributed by atoms with E-state index in [4.69, 9.17) is 5.11 Å². The molecule has 0 bridgehead atoms. The van der Waals surface area contributed by atoms with Gasteiger partial charge >= 0.3 is 5.97 Å². The highest BCUT2D eigenvalue weighted by Gasteiger charge is 2.34. The minimum Gasteiger partial charge on any atom is -0.480 e. The van der Waals surface area contributed by atoms with Gasteiger partial charge in [0.05, 0.1) is 18.8 Å². The molecule has 1 saturated carbocycles. The molecule has 150 valence electrons. The van der Waals surface area contributed by atoms with Gasteiger partial charge < -0.3 is 10.4 Å². The third-order valence-electron chi connectivity index (χ3n) is 5.36. The van der Waals surface area contributed by atoms with Crippen molar-refractivity contribution in [2.24, 2.45) is 0 Å². The second kappa shape index (κ2) is 8.56. The molecule has 2 aromatic rings. The Hall–Kier alpha value is -2.67. The number of rotatable bonds is 8. The molecule has 1 aliphatic carbocycles. The number of aryl methyl sites for hydroxylation is 2. The molecule has 2 N–H and O–H groups in total. The molecule has 1 aliphatic rings. The summed E-state index contributed by atoms with van der Waals surface area (Å²) in [5.41, 5.74) is 3.84. The van der Waals surface area contributed by atoms with Gasteiger partial charge in [-0.15, -0.1) is 0 Å². The summed E-state index contributed by atoms with van der Waals surface area (Å²) in [5, 5.41) is 16.5. The van der Waals surface area contributed by atoms with Gasteiger partial charge in [0.25, 0.3) is 5.91 Å². The van der Waals surface area contributed by atoms with Gasteiger partial charge in [0.1, 0.15) is 0 Å². The van der Waals surface area contributed by atoms with Crippen LogP contribution in [0.5, 0.6) is 0 Å². The highest BCUT2D eigenvalue weighted by atomic mass is 16.4. The second-order valence-corrected chi connectivity index (χ2v) is 7.53. The smallest absolute Gasteiger partial charge is 0.317 e. The minimum atomic E-state index is -0.810. The molecule has 28 heavy (non-hydrogen) atoms. The lowest BCUT2D eigenvalue weighted by Crippen LogP contribution is -2.54. The minimum absolute atomic E-state index is 0.0541. The van der Waals surface area contributed by atoms with Gasteiger partial charge in [-0.05, 0) is 57.0 Å². The Bertz CT molecular complexity index is 838. The van der Waals surface area contributed by atoms with Crippen LogP contribution in [0.15, 0.2) is 30.3 Å². The zero-order chi connectivity index (χ0) is 20.3. The normalized spacial score (nSPS) is 18.7. The lowest BCUT2D eigenvalue weighted by Gasteiger charge is -2.42. The molecule has 1 amide bonds. The summed E-state index contributed by atoms with van der Waals surface area (Å²) in [4.78, 5) is 25.3. The molecule has 3 rings (SSSR count). The van der Waals surface area contributed by atoms with Gasteiger partial charge in [0, 0.05) is 23.3 Å². The number of nitrogens with one attached hydrogen (secondary N) is 1. The number of carboxylic acids is 1. The van der Waals surface area contributed by atoms with E-state index in [1.807, 2.05) is 60.7 Å². The van der Waals surface area contributed by atoms with E-state index < -0.39 is 5.97 Å². The van der Waals surface area contributed by atoms with Crippen molar-refractivity contribution in [1.29, 1.82) is 0 Å². The van der Waals surface area contributed by atoms with Crippen LogP contribution in [0.1, 0.15) is 47.1 Å². The van der Waals surface area contributed by atoms with Crippen LogP contribution in [0, 0.1) is 13.8 Å². The number of benzene rings is 1. The van der Waals surface area contributed by atoms with Crippen LogP contribution in [0.3, 0.4) is 0 Å². The van der Waals surface area contributed by atoms with Crippen molar-refractivity contribution in [3.8, 4) is 0 Å². The predicted octanol–water partition coefficient (Wildman–Crippen LogP) is 2.22. The number of aliphatic carboxylic acids is 1. The van der Waals surface area contributed by atoms with Gasteiger partial charge in [0.15, 0.2) is 0 Å². The Labute approximate surface area is 165 Å². The molecule has 1 aromatic carbocycles. The lowest BCUT2D eigenvalue weighted by molar-refractivity contribution is -0.139. The van der Waals surface area contributed by atoms with Crippen LogP contribution in [0.4, 0.5) is 0 Å². The highest BCUT2D eigenvalue weighted by molar-refractivity contribution is 5.94. The van der Waals surface area contributed by atoms with Crippen molar-refractivity contribution in [2.75, 3.05) is 13.1 Å². The Morgan fingerprint density at radius 1 is 1.25 bits per heavy atom. The summed E-state index contributed by atoms with van der Waals surface area (Å²) < 4.78 is 1.95. The summed E-state index contributed by atoms with van der Waals surface area (Å²) in [7, 11) is 0. The maximum atomic E-state index is 12.5. The van der Waals surface area contributed by atoms with E-state index in [-0.39, 0.29) is 24.5 Å². The van der Waals surface area contributed by atoms with E-state index in [1.54, 1.807) is 0 Å². The molecular weight excluding hydrogens is 356 g/mol. The first-order valence-corrected chi connectivity index (χ1v) is 9.72. The van der Waals surface area contributed by atoms with E-state index in [9.17, 15) is 9.59 Å². The molecule has 0 aliphatic heterocycles. The second-order valence-electron chi connectivity index (χ2n) is 7.53. The Balaban J connectivity index is 1.50. The number of nitrogens with zero attached hydrogens (tertiary/aromatic N) is 3. The Morgan fingerprint density at radius 3 is 2.46 bits per heavy atom. The summed E-state index contributed by atoms with van der Waals surface area (Å²) >= 11 is 0. The van der Waals surface area contributed by atoms with Crippen molar-refractivity contribution in [1.82, 2.24) is 20.0 Å². The Kier molecular flexibility index (Phi) is 6.14. The van der Waals surface area contributed by atoms with E-state index in [0.29, 0.717) is 18.7 Å². The quantitative estimate of drug-likeness (QED) is 0.729. The first-order chi connectivity index (χ1) is 13.4. The van der Waals surface area contributed by atoms with Gasteiger partial charge in [-0.2, -0.15) is 5.10 Å². The van der Waals surface area contributed by atoms with E-state index in [2.05, 4.69) is 10.4 Å². The van der Waals surface area contributed by atoms with Crippen LogP contribution < -0.4 is 5.32 Å². The molecule has 0 unspecified atom stereocenters. The van der Waals surface area contributed by atoms with Crippen molar-refractivity contribution in [3.63, 3.8) is 0 Å². The fraction of sp³-hybridized carbons (Fsp3) is 0.476. The Morgan fingerprint density at radius 2 is 1.93 bits per heavy atom. The van der Waals surface area contributed by atoms with Crippen LogP contribution in [-0.4, -0.2) is 56.8 Å². The van der Waals surface area contributed by atoms with E-state index >= 15 is 0 Å². The first kappa shape index (κ1) is 20.1. The number of carboxylic acid groups (broad SMARTS) is 1. The van der Waals surface area contributed by atoms with Crippen molar-refractivity contribution in [3.05, 3.63) is 52.8 Å². The van der Waals surface area contributed by atoms with Crippen LogP contribution >= 0.6 is 0 Å². The summed E-state index contributed by atoms with van der Waals surface area (Å²) in [6, 6.07) is 9.99. The van der Waals surface area contributed by atoms with Gasteiger partial charge in [0.2, 0.25) is 0 Å². The molecule has 7 heteroatoms. The third kappa shape index (κ3) is 4.78. The molecule has 1 aromatic heterocycles. The van der Waals surface area contributed by atoms with E-state index in [0.717, 1.165) is 29.8 Å². The van der Waals surface area contributed by atoms with Crippen LogP contribution in [0.25, 0.3) is 0 Å². The SMILES string of the molecule is CCN(CC(=O)O)C1CC(NC(=O)c2ccc(Cn3nc(C)cc3C)cc2)C1. The predicted molar refractivity (Wildman–Crippen MR) is 106 cm³/mol. The maximum Gasteiger partial charge on any atom is 0.317 e. The number of carbonyl (C=O) groups excluding carboxylic acids is 1. The standard InChI is InChI=1S/C21H28N4O3/c1-4-24(13-20(26)27)19-10-18(11-19)22-21(28)17-7-5-16(6-8-17)12-25-15(3)9-14(2)23-25/h5-9,18-19H,4,10-13H2,1-3H3,(H,22,28)(H,26,27). The number of amides is 1. The van der Waals surface area contributed by atoms with Gasteiger partial charge in [-0.25, -0.2) is 0 Å². The van der Waals surface area contributed by atoms with E-state index in [1.165, 1.54) is 0 Å². The molecule has 1 fully saturated rings. The molecule has 0 spiro atoms. The first-order valence-electron chi connectivity index (χ1n) is 9.72. The van der Waals surface area contributed by atoms with Crippen molar-refractivity contribution in [2.45, 2.75) is 52.2 Å². The van der Waals surface area contributed by atoms with Crippen LogP contribution in [0.2, 0.25) is 0 Å². The van der Waals surface area contributed by atoms with Crippen LogP contribution in [-0.2, 0) is 11.3 Å². The largest absolute Gasteiger partial charge is 0.480 e. The summed E-state index contributed by atoms with van der Waals surface area (Å²) in [5.74, 6) is -0.891. The number of carbonyl (C=O) groups is 2. The lowest BCUT2D eigenvalue weighted by atomic mass is 9.85. The topological polar surface area (TPSA) is 87.5 Å². The molecule has 1 heterocycles. The molecular formula is C21H28N4O3. The maximum absolute atomic E-state index is 12.5. The zero-order valence-electron chi connectivity index (χ0n) is 16.7. The fourth-order valence-electron chi connectivity index (χ4n) is 3.71. The van der Waals surface area contributed by atoms with Gasteiger partial charge in [-0.1, -0.05) is 19.1 Å². The average molecular weight is 384 g/mol. The number of hydrogen-bond donors (Lipinski definition) is 2. The molecule has 7 nitrogen and oxygen atoms in total. The molecule has 0 saturated heterocycles. The molecule has 0 radical (unpaired) electrons. The zero-order valence-corrected chi connectivity index (χ0v) is 16.7. The monoisotopic (exact) mass is 384 g/mol. The number of hydrogen-bond acceptors (Lipinski definition) is 4. The van der Waals surface area contributed by atoms with Crippen molar-refractivity contribution < 1.29 is 14.7 Å². The van der Waals surface area contributed by atoms with Gasteiger partial charge in [-0.3, -0.25) is 19.2 Å². The number of aromatic nitrogens is 2. The third-order valence-corrected chi connectivity index (χ3v) is 5.36. The summed E-state index contributed by atoms with van der Waals surface area (Å²) in [6.07, 6.45) is 1.59. The average Bonchev–Trinajstić information content (AvgIpc) is 2.93. The van der Waals surface area contributed by atoms with Crippen molar-refractivity contribution >= 4 is 11.9 Å². The number of likely N-dealkylation sites (N-methyl/N-ethyl adjacent to an activating group) is 1. The highest BCUT2D eigenvalue weighted by Crippen LogP contribution is 2.26.